The minimum atomic E-state index is 0.0847. The van der Waals surface area contributed by atoms with Crippen LogP contribution >= 0.6 is 0 Å². The maximum atomic E-state index is 11.5. The Bertz CT molecular complexity index is 381. The number of benzene rings is 1. The average Bonchev–Trinajstić information content (AvgIpc) is 2.17. The molecule has 1 atom stereocenters. The Morgan fingerprint density at radius 2 is 2.13 bits per heavy atom. The van der Waals surface area contributed by atoms with Gasteiger partial charge in [0.2, 0.25) is 0 Å². The van der Waals surface area contributed by atoms with Gasteiger partial charge in [-0.25, -0.2) is 0 Å². The molecule has 1 fully saturated rings. The molecule has 1 nitrogen and oxygen atoms in total. The second kappa shape index (κ2) is 3.80. The Hall–Kier alpha value is -1.11. The second-order valence-corrected chi connectivity index (χ2v) is 5.00. The third-order valence-corrected chi connectivity index (χ3v) is 3.49. The number of hydrogen-bond acceptors (Lipinski definition) is 1. The fourth-order valence-corrected chi connectivity index (χ4v) is 2.55. The molecule has 1 aromatic rings. The minimum Gasteiger partial charge on any atom is -0.300 e. The van der Waals surface area contributed by atoms with Gasteiger partial charge in [0.15, 0.2) is 0 Å². The quantitative estimate of drug-likeness (QED) is 0.682. The van der Waals surface area contributed by atoms with E-state index in [1.165, 1.54) is 11.1 Å². The molecule has 2 rings (SSSR count). The minimum absolute atomic E-state index is 0.0847. The van der Waals surface area contributed by atoms with Crippen LogP contribution in [0.2, 0.25) is 0 Å². The first-order valence-corrected chi connectivity index (χ1v) is 5.69. The highest BCUT2D eigenvalue weighted by Crippen LogP contribution is 2.37. The van der Waals surface area contributed by atoms with Crippen LogP contribution in [0.3, 0.4) is 0 Å². The van der Waals surface area contributed by atoms with Crippen LogP contribution in [-0.2, 0) is 10.2 Å². The molecule has 0 bridgehead atoms. The van der Waals surface area contributed by atoms with Crippen LogP contribution in [0.25, 0.3) is 0 Å². The molecule has 1 saturated carbocycles. The van der Waals surface area contributed by atoms with Gasteiger partial charge in [-0.1, -0.05) is 36.8 Å². The molecule has 1 heteroatoms. The van der Waals surface area contributed by atoms with Gasteiger partial charge in [0.05, 0.1) is 0 Å². The maximum absolute atomic E-state index is 11.5. The highest BCUT2D eigenvalue weighted by Gasteiger charge is 2.32. The Balaban J connectivity index is 2.32. The molecular formula is C14H18O. The number of aryl methyl sites for hydroxylation is 1. The van der Waals surface area contributed by atoms with Gasteiger partial charge in [-0.05, 0) is 30.7 Å². The lowest BCUT2D eigenvalue weighted by Gasteiger charge is -2.33. The summed E-state index contributed by atoms with van der Waals surface area (Å²) < 4.78 is 0. The van der Waals surface area contributed by atoms with E-state index in [2.05, 4.69) is 38.1 Å². The van der Waals surface area contributed by atoms with Gasteiger partial charge >= 0.3 is 0 Å². The third-order valence-electron chi connectivity index (χ3n) is 3.49. The molecule has 0 amide bonds. The summed E-state index contributed by atoms with van der Waals surface area (Å²) in [4.78, 5) is 11.5. The normalized spacial score (nSPS) is 26.7. The maximum Gasteiger partial charge on any atom is 0.133 e. The molecule has 80 valence electrons. The van der Waals surface area contributed by atoms with E-state index < -0.39 is 0 Å². The van der Waals surface area contributed by atoms with E-state index in [0.717, 1.165) is 25.7 Å². The summed E-state index contributed by atoms with van der Waals surface area (Å²) in [6.07, 6.45) is 3.68. The molecule has 0 spiro atoms. The highest BCUT2D eigenvalue weighted by molar-refractivity contribution is 5.80. The molecule has 1 aliphatic carbocycles. The first kappa shape index (κ1) is 10.4. The molecule has 0 radical (unpaired) electrons. The summed E-state index contributed by atoms with van der Waals surface area (Å²) in [5.74, 6) is 0.422. The first-order chi connectivity index (χ1) is 7.10. The van der Waals surface area contributed by atoms with Crippen molar-refractivity contribution >= 4 is 5.78 Å². The van der Waals surface area contributed by atoms with E-state index in [9.17, 15) is 4.79 Å². The number of ketones is 1. The predicted molar refractivity (Wildman–Crippen MR) is 62.0 cm³/mol. The topological polar surface area (TPSA) is 17.1 Å². The van der Waals surface area contributed by atoms with Gasteiger partial charge in [0.25, 0.3) is 0 Å². The molecule has 0 unspecified atom stereocenters. The largest absolute Gasteiger partial charge is 0.300 e. The second-order valence-electron chi connectivity index (χ2n) is 5.00. The molecular weight excluding hydrogens is 184 g/mol. The SMILES string of the molecule is Cc1cccc([C@]2(C)CCCC(=O)C2)c1. The zero-order chi connectivity index (χ0) is 10.9. The lowest BCUT2D eigenvalue weighted by molar-refractivity contribution is -0.121. The van der Waals surface area contributed by atoms with Crippen LogP contribution in [0.4, 0.5) is 0 Å². The fourth-order valence-electron chi connectivity index (χ4n) is 2.55. The molecule has 0 aliphatic heterocycles. The van der Waals surface area contributed by atoms with Crippen LogP contribution in [0.15, 0.2) is 24.3 Å². The van der Waals surface area contributed by atoms with Gasteiger partial charge in [-0.2, -0.15) is 0 Å². The van der Waals surface area contributed by atoms with Crippen molar-refractivity contribution in [3.63, 3.8) is 0 Å². The number of carbonyl (C=O) groups is 1. The van der Waals surface area contributed by atoms with Crippen molar-refractivity contribution in [2.75, 3.05) is 0 Å². The molecule has 0 N–H and O–H groups in total. The van der Waals surface area contributed by atoms with Gasteiger partial charge in [0.1, 0.15) is 5.78 Å². The summed E-state index contributed by atoms with van der Waals surface area (Å²) in [5.41, 5.74) is 2.70. The van der Waals surface area contributed by atoms with Crippen molar-refractivity contribution in [2.45, 2.75) is 44.9 Å². The van der Waals surface area contributed by atoms with E-state index in [-0.39, 0.29) is 5.41 Å². The average molecular weight is 202 g/mol. The van der Waals surface area contributed by atoms with Gasteiger partial charge in [-0.15, -0.1) is 0 Å². The number of hydrogen-bond donors (Lipinski definition) is 0. The van der Waals surface area contributed by atoms with Crippen molar-refractivity contribution in [1.82, 2.24) is 0 Å². The van der Waals surface area contributed by atoms with Crippen LogP contribution in [0.1, 0.15) is 43.7 Å². The van der Waals surface area contributed by atoms with Gasteiger partial charge < -0.3 is 0 Å². The summed E-state index contributed by atoms with van der Waals surface area (Å²) in [6, 6.07) is 8.58. The Morgan fingerprint density at radius 1 is 1.33 bits per heavy atom. The van der Waals surface area contributed by atoms with Crippen molar-refractivity contribution in [3.8, 4) is 0 Å². The zero-order valence-corrected chi connectivity index (χ0v) is 9.55. The standard InChI is InChI=1S/C14H18O/c1-11-5-3-6-12(9-11)14(2)8-4-7-13(15)10-14/h3,5-6,9H,4,7-8,10H2,1-2H3/t14-/m1/s1. The van der Waals surface area contributed by atoms with Crippen LogP contribution < -0.4 is 0 Å². The first-order valence-electron chi connectivity index (χ1n) is 5.69. The number of rotatable bonds is 1. The fraction of sp³-hybridized carbons (Fsp3) is 0.500. The van der Waals surface area contributed by atoms with Crippen LogP contribution in [-0.4, -0.2) is 5.78 Å². The Kier molecular flexibility index (Phi) is 2.64. The highest BCUT2D eigenvalue weighted by atomic mass is 16.1. The zero-order valence-electron chi connectivity index (χ0n) is 9.55. The van der Waals surface area contributed by atoms with Crippen molar-refractivity contribution < 1.29 is 4.79 Å². The molecule has 0 saturated heterocycles. The van der Waals surface area contributed by atoms with E-state index >= 15 is 0 Å². The van der Waals surface area contributed by atoms with Crippen LogP contribution in [0, 0.1) is 6.92 Å². The van der Waals surface area contributed by atoms with Crippen LogP contribution in [0.5, 0.6) is 0 Å². The molecule has 0 heterocycles. The Morgan fingerprint density at radius 3 is 2.80 bits per heavy atom. The lowest BCUT2D eigenvalue weighted by Crippen LogP contribution is -2.29. The van der Waals surface area contributed by atoms with Crippen molar-refractivity contribution in [3.05, 3.63) is 35.4 Å². The van der Waals surface area contributed by atoms with Crippen molar-refractivity contribution in [1.29, 1.82) is 0 Å². The molecule has 0 aromatic heterocycles. The van der Waals surface area contributed by atoms with Gasteiger partial charge in [0, 0.05) is 12.8 Å². The summed E-state index contributed by atoms with van der Waals surface area (Å²) in [5, 5.41) is 0. The summed E-state index contributed by atoms with van der Waals surface area (Å²) >= 11 is 0. The number of carbonyl (C=O) groups excluding carboxylic acids is 1. The summed E-state index contributed by atoms with van der Waals surface area (Å²) in [7, 11) is 0. The molecule has 1 aromatic carbocycles. The number of Topliss-reactive ketones (excluding diaryl/α,β-unsaturated/α-hetero) is 1. The van der Waals surface area contributed by atoms with Crippen molar-refractivity contribution in [2.24, 2.45) is 0 Å². The van der Waals surface area contributed by atoms with E-state index in [1.807, 2.05) is 0 Å². The lowest BCUT2D eigenvalue weighted by atomic mass is 9.70. The third kappa shape index (κ3) is 2.11. The Labute approximate surface area is 91.5 Å². The predicted octanol–water partition coefficient (Wildman–Crippen LogP) is 3.40. The summed E-state index contributed by atoms with van der Waals surface area (Å²) in [6.45, 7) is 4.33. The molecule has 1 aliphatic rings. The van der Waals surface area contributed by atoms with Gasteiger partial charge in [-0.3, -0.25) is 4.79 Å². The smallest absolute Gasteiger partial charge is 0.133 e. The van der Waals surface area contributed by atoms with E-state index in [1.54, 1.807) is 0 Å². The molecule has 15 heavy (non-hydrogen) atoms. The van der Waals surface area contributed by atoms with E-state index in [0.29, 0.717) is 5.78 Å². The monoisotopic (exact) mass is 202 g/mol. The van der Waals surface area contributed by atoms with E-state index in [4.69, 9.17) is 0 Å².